The molecular weight excluding hydrogens is 402 g/mol. The van der Waals surface area contributed by atoms with Crippen molar-refractivity contribution in [2.45, 2.75) is 37.2 Å². The van der Waals surface area contributed by atoms with Gasteiger partial charge in [0.15, 0.2) is 10.3 Å². The van der Waals surface area contributed by atoms with Gasteiger partial charge in [-0.3, -0.25) is 4.79 Å². The Kier molecular flexibility index (Phi) is 5.92. The molecule has 0 aliphatic heterocycles. The third kappa shape index (κ3) is 4.33. The highest BCUT2D eigenvalue weighted by molar-refractivity contribution is 8.00. The summed E-state index contributed by atoms with van der Waals surface area (Å²) in [5.74, 6) is 0.810. The third-order valence-electron chi connectivity index (χ3n) is 4.65. The van der Waals surface area contributed by atoms with E-state index >= 15 is 0 Å². The van der Waals surface area contributed by atoms with Gasteiger partial charge in [0.25, 0.3) is 0 Å². The van der Waals surface area contributed by atoms with Crippen molar-refractivity contribution in [3.05, 3.63) is 65.4 Å². The molecule has 2 heterocycles. The van der Waals surface area contributed by atoms with Gasteiger partial charge in [0.05, 0.1) is 5.25 Å². The number of aromatic nitrogens is 4. The average molecular weight is 424 g/mol. The topological polar surface area (TPSA) is 72.7 Å². The van der Waals surface area contributed by atoms with Gasteiger partial charge in [-0.05, 0) is 30.2 Å². The fourth-order valence-corrected chi connectivity index (χ4v) is 4.64. The van der Waals surface area contributed by atoms with Crippen molar-refractivity contribution in [3.63, 3.8) is 0 Å². The number of thiazole rings is 1. The van der Waals surface area contributed by atoms with Gasteiger partial charge in [-0.25, -0.2) is 4.98 Å². The zero-order valence-corrected chi connectivity index (χ0v) is 17.8. The van der Waals surface area contributed by atoms with Gasteiger partial charge in [0.2, 0.25) is 5.91 Å². The number of amides is 1. The van der Waals surface area contributed by atoms with Crippen molar-refractivity contribution in [2.75, 3.05) is 5.32 Å². The van der Waals surface area contributed by atoms with Crippen molar-refractivity contribution in [2.24, 2.45) is 0 Å². The minimum absolute atomic E-state index is 0.0915. The van der Waals surface area contributed by atoms with E-state index in [0.717, 1.165) is 17.5 Å². The molecule has 1 amide bonds. The van der Waals surface area contributed by atoms with Gasteiger partial charge in [-0.15, -0.1) is 21.5 Å². The zero-order chi connectivity index (χ0) is 20.2. The standard InChI is InChI=1S/C21H21N5OS2/c1-3-26-18(13-16-9-6-8-15-7-4-5-10-17(15)16)24-25-21(26)29-14(2)19(27)23-20-22-11-12-28-20/h4-12,14H,3,13H2,1-2H3,(H,22,23,27)/t14-/m0/s1. The van der Waals surface area contributed by atoms with E-state index in [1.807, 2.05) is 18.4 Å². The minimum atomic E-state index is -0.307. The summed E-state index contributed by atoms with van der Waals surface area (Å²) in [5, 5.41) is 17.0. The summed E-state index contributed by atoms with van der Waals surface area (Å²) in [7, 11) is 0. The van der Waals surface area contributed by atoms with Gasteiger partial charge in [-0.1, -0.05) is 54.2 Å². The van der Waals surface area contributed by atoms with E-state index in [2.05, 4.69) is 68.4 Å². The van der Waals surface area contributed by atoms with E-state index in [0.29, 0.717) is 11.6 Å². The molecule has 1 N–H and O–H groups in total. The third-order valence-corrected chi connectivity index (χ3v) is 6.42. The molecule has 2 aromatic heterocycles. The highest BCUT2D eigenvalue weighted by Gasteiger charge is 2.20. The molecule has 0 aliphatic rings. The van der Waals surface area contributed by atoms with Crippen LogP contribution in [0, 0.1) is 0 Å². The highest BCUT2D eigenvalue weighted by Crippen LogP contribution is 2.26. The summed E-state index contributed by atoms with van der Waals surface area (Å²) in [5.41, 5.74) is 1.22. The molecule has 0 spiro atoms. The molecule has 1 atom stereocenters. The normalized spacial score (nSPS) is 12.2. The number of anilines is 1. The van der Waals surface area contributed by atoms with Crippen molar-refractivity contribution < 1.29 is 4.79 Å². The van der Waals surface area contributed by atoms with Crippen LogP contribution in [0.1, 0.15) is 25.2 Å². The van der Waals surface area contributed by atoms with E-state index in [-0.39, 0.29) is 11.2 Å². The second-order valence-electron chi connectivity index (χ2n) is 6.54. The lowest BCUT2D eigenvalue weighted by Crippen LogP contribution is -2.22. The molecule has 0 saturated heterocycles. The maximum atomic E-state index is 12.4. The lowest BCUT2D eigenvalue weighted by molar-refractivity contribution is -0.115. The number of thioether (sulfide) groups is 1. The highest BCUT2D eigenvalue weighted by atomic mass is 32.2. The Labute approximate surface area is 177 Å². The van der Waals surface area contributed by atoms with Crippen LogP contribution in [-0.2, 0) is 17.8 Å². The number of nitrogens with zero attached hydrogens (tertiary/aromatic N) is 4. The first-order valence-electron chi connectivity index (χ1n) is 9.41. The smallest absolute Gasteiger partial charge is 0.239 e. The SMILES string of the molecule is CCn1c(Cc2cccc3ccccc23)nnc1S[C@@H](C)C(=O)Nc1nccs1. The lowest BCUT2D eigenvalue weighted by Gasteiger charge is -2.12. The average Bonchev–Trinajstić information content (AvgIpc) is 3.38. The maximum Gasteiger partial charge on any atom is 0.239 e. The largest absolute Gasteiger partial charge is 0.306 e. The molecule has 0 radical (unpaired) electrons. The number of benzene rings is 2. The van der Waals surface area contributed by atoms with Crippen LogP contribution in [0.15, 0.2) is 59.2 Å². The predicted molar refractivity (Wildman–Crippen MR) is 119 cm³/mol. The first-order chi connectivity index (χ1) is 14.2. The van der Waals surface area contributed by atoms with E-state index in [9.17, 15) is 4.79 Å². The molecule has 4 aromatic rings. The Morgan fingerprint density at radius 2 is 2.03 bits per heavy atom. The predicted octanol–water partition coefficient (Wildman–Crippen LogP) is 4.62. The van der Waals surface area contributed by atoms with Gasteiger partial charge < -0.3 is 9.88 Å². The van der Waals surface area contributed by atoms with E-state index < -0.39 is 0 Å². The van der Waals surface area contributed by atoms with E-state index in [1.165, 1.54) is 39.4 Å². The van der Waals surface area contributed by atoms with Crippen LogP contribution in [0.4, 0.5) is 5.13 Å². The number of carbonyl (C=O) groups excluding carboxylic acids is 1. The summed E-state index contributed by atoms with van der Waals surface area (Å²) < 4.78 is 2.08. The molecule has 0 bridgehead atoms. The molecular formula is C21H21N5OS2. The van der Waals surface area contributed by atoms with Crippen molar-refractivity contribution in [1.29, 1.82) is 0 Å². The van der Waals surface area contributed by atoms with Crippen LogP contribution in [0.3, 0.4) is 0 Å². The number of carbonyl (C=O) groups is 1. The van der Waals surface area contributed by atoms with Gasteiger partial charge in [0, 0.05) is 24.5 Å². The van der Waals surface area contributed by atoms with Crippen LogP contribution >= 0.6 is 23.1 Å². The first-order valence-corrected chi connectivity index (χ1v) is 11.2. The molecule has 0 unspecified atom stereocenters. The Balaban J connectivity index is 1.52. The van der Waals surface area contributed by atoms with Crippen LogP contribution < -0.4 is 5.32 Å². The number of fused-ring (bicyclic) bond motifs is 1. The molecule has 148 valence electrons. The molecule has 4 rings (SSSR count). The summed E-state index contributed by atoms with van der Waals surface area (Å²) in [6, 6.07) is 14.7. The fourth-order valence-electron chi connectivity index (χ4n) is 3.18. The zero-order valence-electron chi connectivity index (χ0n) is 16.2. The molecule has 8 heteroatoms. The molecule has 6 nitrogen and oxygen atoms in total. The van der Waals surface area contributed by atoms with Crippen molar-refractivity contribution in [1.82, 2.24) is 19.7 Å². The molecule has 2 aromatic carbocycles. The Hall–Kier alpha value is -2.71. The van der Waals surface area contributed by atoms with Crippen molar-refractivity contribution >= 4 is 44.9 Å². The first kappa shape index (κ1) is 19.6. The van der Waals surface area contributed by atoms with Crippen molar-refractivity contribution in [3.8, 4) is 0 Å². The second kappa shape index (κ2) is 8.75. The van der Waals surface area contributed by atoms with Crippen LogP contribution in [0.25, 0.3) is 10.8 Å². The minimum Gasteiger partial charge on any atom is -0.306 e. The Bertz CT molecular complexity index is 1120. The lowest BCUT2D eigenvalue weighted by atomic mass is 10.0. The van der Waals surface area contributed by atoms with Gasteiger partial charge in [0.1, 0.15) is 5.82 Å². The number of hydrogen-bond acceptors (Lipinski definition) is 6. The fraction of sp³-hybridized carbons (Fsp3) is 0.238. The molecule has 0 fully saturated rings. The Morgan fingerprint density at radius 3 is 2.83 bits per heavy atom. The summed E-state index contributed by atoms with van der Waals surface area (Å²) in [6.07, 6.45) is 2.37. The number of hydrogen-bond donors (Lipinski definition) is 1. The summed E-state index contributed by atoms with van der Waals surface area (Å²) >= 11 is 2.82. The van der Waals surface area contributed by atoms with Crippen LogP contribution in [-0.4, -0.2) is 30.9 Å². The molecule has 29 heavy (non-hydrogen) atoms. The summed E-state index contributed by atoms with van der Waals surface area (Å²) in [6.45, 7) is 4.68. The second-order valence-corrected chi connectivity index (χ2v) is 8.75. The van der Waals surface area contributed by atoms with Gasteiger partial charge >= 0.3 is 0 Å². The monoisotopic (exact) mass is 423 g/mol. The molecule has 0 saturated carbocycles. The van der Waals surface area contributed by atoms with Crippen LogP contribution in [0.2, 0.25) is 0 Å². The number of nitrogens with one attached hydrogen (secondary N) is 1. The van der Waals surface area contributed by atoms with E-state index in [1.54, 1.807) is 6.20 Å². The Morgan fingerprint density at radius 1 is 1.21 bits per heavy atom. The van der Waals surface area contributed by atoms with Gasteiger partial charge in [-0.2, -0.15) is 0 Å². The quantitative estimate of drug-likeness (QED) is 0.439. The van der Waals surface area contributed by atoms with E-state index in [4.69, 9.17) is 0 Å². The van der Waals surface area contributed by atoms with Crippen LogP contribution in [0.5, 0.6) is 0 Å². The summed E-state index contributed by atoms with van der Waals surface area (Å²) in [4.78, 5) is 16.5. The number of rotatable bonds is 7. The molecule has 0 aliphatic carbocycles. The maximum absolute atomic E-state index is 12.4.